The second-order valence-corrected chi connectivity index (χ2v) is 10.1. The lowest BCUT2D eigenvalue weighted by atomic mass is 10.1. The number of hydrazone groups is 2. The lowest BCUT2D eigenvalue weighted by Crippen LogP contribution is -2.36. The van der Waals surface area contributed by atoms with Crippen LogP contribution in [0, 0.1) is 0 Å². The lowest BCUT2D eigenvalue weighted by molar-refractivity contribution is -0.163. The highest BCUT2D eigenvalue weighted by atomic mass is 16.6. The number of ether oxygens (including phenoxy) is 3. The minimum Gasteiger partial charge on any atom is -0.477 e. The summed E-state index contributed by atoms with van der Waals surface area (Å²) in [7, 11) is 1.70. The molecular formula is C34H60N4O4. The Morgan fingerprint density at radius 2 is 1.67 bits per heavy atom. The quantitative estimate of drug-likeness (QED) is 0.0499. The first-order valence-electron chi connectivity index (χ1n) is 15.2. The molecule has 0 N–H and O–H groups in total. The molecule has 8 nitrogen and oxygen atoms in total. The molecule has 0 unspecified atom stereocenters. The van der Waals surface area contributed by atoms with Crippen LogP contribution in [-0.4, -0.2) is 73.5 Å². The number of rotatable bonds is 19. The molecule has 0 aromatic rings. The molecule has 0 aliphatic rings. The molecular weight excluding hydrogens is 528 g/mol. The molecule has 0 saturated carbocycles. The summed E-state index contributed by atoms with van der Waals surface area (Å²) in [6.45, 7) is 30.3. The van der Waals surface area contributed by atoms with Crippen LogP contribution in [0.4, 0.5) is 0 Å². The van der Waals surface area contributed by atoms with Crippen LogP contribution in [0.5, 0.6) is 0 Å². The molecule has 8 heteroatoms. The van der Waals surface area contributed by atoms with Crippen molar-refractivity contribution in [3.05, 3.63) is 59.1 Å². The maximum atomic E-state index is 12.3. The van der Waals surface area contributed by atoms with E-state index >= 15 is 0 Å². The highest BCUT2D eigenvalue weighted by Gasteiger charge is 2.32. The Kier molecular flexibility index (Phi) is 23.1. The smallest absolute Gasteiger partial charge is 0.349 e. The third-order valence-corrected chi connectivity index (χ3v) is 5.90. The van der Waals surface area contributed by atoms with Gasteiger partial charge in [-0.2, -0.15) is 15.3 Å². The van der Waals surface area contributed by atoms with E-state index in [9.17, 15) is 4.79 Å². The molecule has 0 aromatic heterocycles. The molecule has 0 aliphatic carbocycles. The Morgan fingerprint density at radius 1 is 1.02 bits per heavy atom. The van der Waals surface area contributed by atoms with E-state index in [0.29, 0.717) is 32.1 Å². The van der Waals surface area contributed by atoms with Gasteiger partial charge in [0.2, 0.25) is 0 Å². The van der Waals surface area contributed by atoms with E-state index < -0.39 is 11.6 Å². The first-order chi connectivity index (χ1) is 19.8. The third kappa shape index (κ3) is 17.8. The van der Waals surface area contributed by atoms with E-state index in [1.165, 1.54) is 5.57 Å². The van der Waals surface area contributed by atoms with Crippen LogP contribution >= 0.6 is 0 Å². The average Bonchev–Trinajstić information content (AvgIpc) is 2.95. The summed E-state index contributed by atoms with van der Waals surface area (Å²) in [5.41, 5.74) is 3.98. The first kappa shape index (κ1) is 41.2. The zero-order chi connectivity index (χ0) is 32.7. The second-order valence-electron chi connectivity index (χ2n) is 10.1. The monoisotopic (exact) mass is 588 g/mol. The molecule has 0 aliphatic heterocycles. The van der Waals surface area contributed by atoms with Gasteiger partial charge in [-0.1, -0.05) is 58.1 Å². The molecule has 0 rings (SSSR count). The normalized spacial score (nSPS) is 13.7. The van der Waals surface area contributed by atoms with Crippen molar-refractivity contribution in [2.45, 2.75) is 102 Å². The summed E-state index contributed by atoms with van der Waals surface area (Å²) in [5.74, 6) is 0.0146. The molecule has 240 valence electrons. The maximum absolute atomic E-state index is 12.3. The van der Waals surface area contributed by atoms with Gasteiger partial charge in [-0.05, 0) is 85.5 Å². The lowest BCUT2D eigenvalue weighted by Gasteiger charge is -2.26. The SMILES string of the molecule is C=C(OC(C)(C)C(=O)OCC)/C(C)=C\C(=C/CC)CN(CCOC)C/C(C)=N/N(/N=C/C)/C(C)=C/C=C(/C)CC.CC. The summed E-state index contributed by atoms with van der Waals surface area (Å²) < 4.78 is 16.4. The van der Waals surface area contributed by atoms with Gasteiger partial charge in [-0.25, -0.2) is 4.79 Å². The van der Waals surface area contributed by atoms with Gasteiger partial charge in [-0.15, -0.1) is 0 Å². The van der Waals surface area contributed by atoms with E-state index in [1.807, 2.05) is 47.6 Å². The van der Waals surface area contributed by atoms with Crippen LogP contribution < -0.4 is 0 Å². The van der Waals surface area contributed by atoms with Crippen molar-refractivity contribution < 1.29 is 19.0 Å². The van der Waals surface area contributed by atoms with Crippen LogP contribution in [0.1, 0.15) is 95.9 Å². The summed E-state index contributed by atoms with van der Waals surface area (Å²) >= 11 is 0. The number of methoxy groups -OCH3 is 1. The number of hydrogen-bond acceptors (Lipinski definition) is 8. The minimum absolute atomic E-state index is 0.296. The van der Waals surface area contributed by atoms with Crippen LogP contribution in [-0.2, 0) is 19.0 Å². The Balaban J connectivity index is 0. The Morgan fingerprint density at radius 3 is 2.19 bits per heavy atom. The van der Waals surface area contributed by atoms with Crippen molar-refractivity contribution in [3.63, 3.8) is 0 Å². The molecule has 0 spiro atoms. The van der Waals surface area contributed by atoms with Crippen molar-refractivity contribution in [1.82, 2.24) is 10.0 Å². The fraction of sp³-hybridized carbons (Fsp3) is 0.618. The highest BCUT2D eigenvalue weighted by molar-refractivity contribution is 5.83. The van der Waals surface area contributed by atoms with Crippen LogP contribution in [0.3, 0.4) is 0 Å². The van der Waals surface area contributed by atoms with Gasteiger partial charge in [0, 0.05) is 33.0 Å². The van der Waals surface area contributed by atoms with Gasteiger partial charge in [0.05, 0.1) is 24.6 Å². The number of allylic oxidation sites excluding steroid dienone is 6. The number of carbonyl (C=O) groups is 1. The molecule has 0 fully saturated rings. The van der Waals surface area contributed by atoms with Crippen LogP contribution in [0.25, 0.3) is 0 Å². The number of carbonyl (C=O) groups excluding carboxylic acids is 1. The molecule has 0 heterocycles. The average molecular weight is 589 g/mol. The van der Waals surface area contributed by atoms with Crippen molar-refractivity contribution >= 4 is 17.9 Å². The molecule has 0 saturated heterocycles. The minimum atomic E-state index is -1.13. The van der Waals surface area contributed by atoms with Crippen LogP contribution in [0.15, 0.2) is 69.3 Å². The number of nitrogens with zero attached hydrogens (tertiary/aromatic N) is 4. The van der Waals surface area contributed by atoms with Crippen molar-refractivity contribution in [3.8, 4) is 0 Å². The molecule has 42 heavy (non-hydrogen) atoms. The van der Waals surface area contributed by atoms with Crippen LogP contribution in [0.2, 0.25) is 0 Å². The van der Waals surface area contributed by atoms with Gasteiger partial charge in [-0.3, -0.25) is 4.90 Å². The van der Waals surface area contributed by atoms with E-state index in [2.05, 4.69) is 55.6 Å². The third-order valence-electron chi connectivity index (χ3n) is 5.90. The highest BCUT2D eigenvalue weighted by Crippen LogP contribution is 2.22. The van der Waals surface area contributed by atoms with E-state index in [4.69, 9.17) is 19.3 Å². The Bertz CT molecular complexity index is 988. The fourth-order valence-electron chi connectivity index (χ4n) is 3.49. The van der Waals surface area contributed by atoms with Crippen molar-refractivity contribution in [1.29, 1.82) is 0 Å². The summed E-state index contributed by atoms with van der Waals surface area (Å²) in [4.78, 5) is 14.6. The summed E-state index contributed by atoms with van der Waals surface area (Å²) in [6, 6.07) is 0. The zero-order valence-electron chi connectivity index (χ0n) is 29.0. The maximum Gasteiger partial charge on any atom is 0.349 e. The molecule has 0 amide bonds. The van der Waals surface area contributed by atoms with Gasteiger partial charge in [0.1, 0.15) is 5.76 Å². The first-order valence-corrected chi connectivity index (χ1v) is 15.2. The summed E-state index contributed by atoms with van der Waals surface area (Å²) in [6.07, 6.45) is 12.0. The Hall–Kier alpha value is -2.97. The molecule has 0 aromatic carbocycles. The van der Waals surface area contributed by atoms with Gasteiger partial charge >= 0.3 is 5.97 Å². The largest absolute Gasteiger partial charge is 0.477 e. The predicted octanol–water partition coefficient (Wildman–Crippen LogP) is 8.06. The topological polar surface area (TPSA) is 76.0 Å². The van der Waals surface area contributed by atoms with Gasteiger partial charge in [0.15, 0.2) is 5.60 Å². The van der Waals surface area contributed by atoms with E-state index in [1.54, 1.807) is 39.2 Å². The Labute approximate surface area is 257 Å². The standard InChI is InChI=1S/C32H54N4O4.C2H6/c1-13-17-30(22-26(6)29(9)40-32(10,11)31(37)39-16-4)24-35(20-21-38-12)23-27(7)34-36(33-15-3)28(8)19-18-25(5)14-2;1-2/h15,17-19,22H,9,13-14,16,20-21,23-24H2,1-8,10-12H3;1-2H3/b25-18-,26-22-,28-19+,30-17+,33-15+,34-27+;. The number of hydrogen-bond donors (Lipinski definition) is 0. The second kappa shape index (κ2) is 23.6. The van der Waals surface area contributed by atoms with E-state index in [0.717, 1.165) is 41.9 Å². The fourth-order valence-corrected chi connectivity index (χ4v) is 3.49. The zero-order valence-corrected chi connectivity index (χ0v) is 29.0. The van der Waals surface area contributed by atoms with Gasteiger partial charge < -0.3 is 14.2 Å². The van der Waals surface area contributed by atoms with Crippen molar-refractivity contribution in [2.24, 2.45) is 10.2 Å². The molecule has 0 atom stereocenters. The number of esters is 1. The summed E-state index contributed by atoms with van der Waals surface area (Å²) in [5, 5.41) is 10.9. The molecule has 0 radical (unpaired) electrons. The van der Waals surface area contributed by atoms with Crippen molar-refractivity contribution in [2.75, 3.05) is 40.0 Å². The van der Waals surface area contributed by atoms with E-state index in [-0.39, 0.29) is 0 Å². The van der Waals surface area contributed by atoms with Gasteiger partial charge in [0.25, 0.3) is 0 Å². The predicted molar refractivity (Wildman–Crippen MR) is 180 cm³/mol. The molecule has 0 bridgehead atoms.